The van der Waals surface area contributed by atoms with Gasteiger partial charge >= 0.3 is 0 Å². The fourth-order valence-corrected chi connectivity index (χ4v) is 1.22. The van der Waals surface area contributed by atoms with Gasteiger partial charge in [0.15, 0.2) is 0 Å². The summed E-state index contributed by atoms with van der Waals surface area (Å²) in [7, 11) is 0. The van der Waals surface area contributed by atoms with Crippen LogP contribution in [0.15, 0.2) is 22.7 Å². The predicted molar refractivity (Wildman–Crippen MR) is 42.5 cm³/mol. The summed E-state index contributed by atoms with van der Waals surface area (Å²) in [5, 5.41) is 0. The first-order valence-electron chi connectivity index (χ1n) is 4.37. The highest BCUT2D eigenvalue weighted by Gasteiger charge is 2.36. The fourth-order valence-electron chi connectivity index (χ4n) is 1.22. The van der Waals surface area contributed by atoms with E-state index in [1.54, 1.807) is 13.8 Å². The Kier molecular flexibility index (Phi) is 1.30. The van der Waals surface area contributed by atoms with Crippen molar-refractivity contribution in [1.29, 1.82) is 0 Å². The lowest BCUT2D eigenvalue weighted by Gasteiger charge is -2.11. The summed E-state index contributed by atoms with van der Waals surface area (Å²) in [6.07, 6.45) is 0. The Morgan fingerprint density at radius 3 is 1.85 bits per heavy atom. The maximum absolute atomic E-state index is 11.6. The van der Waals surface area contributed by atoms with E-state index in [-0.39, 0.29) is 23.1 Å². The van der Waals surface area contributed by atoms with Gasteiger partial charge in [0.1, 0.15) is 1.37 Å². The molecule has 0 spiro atoms. The molecular formula is C9H8O4. The van der Waals surface area contributed by atoms with Crippen LogP contribution in [0.25, 0.3) is 0 Å². The minimum absolute atomic E-state index is 0.127. The zero-order chi connectivity index (χ0) is 10.5. The average Bonchev–Trinajstić information content (AvgIpc) is 2.54. The molecule has 4 heteroatoms. The molecular weight excluding hydrogens is 172 g/mol. The average molecular weight is 181 g/mol. The molecule has 1 heterocycles. The molecule has 0 aromatic heterocycles. The van der Waals surface area contributed by atoms with Gasteiger partial charge in [0.05, 0.1) is 0 Å². The Hall–Kier alpha value is -1.58. The third-order valence-electron chi connectivity index (χ3n) is 2.19. The van der Waals surface area contributed by atoms with Crippen molar-refractivity contribution in [2.75, 3.05) is 6.77 Å². The van der Waals surface area contributed by atoms with Gasteiger partial charge in [0.25, 0.3) is 0 Å². The monoisotopic (exact) mass is 181 g/mol. The van der Waals surface area contributed by atoms with Gasteiger partial charge in [-0.15, -0.1) is 0 Å². The lowest BCUT2D eigenvalue weighted by atomic mass is 9.95. The molecule has 0 atom stereocenters. The van der Waals surface area contributed by atoms with Gasteiger partial charge in [-0.3, -0.25) is 9.59 Å². The quantitative estimate of drug-likeness (QED) is 0.516. The summed E-state index contributed by atoms with van der Waals surface area (Å²) < 4.78 is 16.7. The molecule has 68 valence electrons. The van der Waals surface area contributed by atoms with Crippen LogP contribution in [0.4, 0.5) is 0 Å². The molecule has 4 nitrogen and oxygen atoms in total. The largest absolute Gasteiger partial charge is 0.449 e. The normalized spacial score (nSPS) is 24.3. The summed E-state index contributed by atoms with van der Waals surface area (Å²) >= 11 is 0. The van der Waals surface area contributed by atoms with Crippen LogP contribution in [-0.4, -0.2) is 18.3 Å². The first kappa shape index (κ1) is 6.88. The zero-order valence-electron chi connectivity index (χ0n) is 8.21. The third kappa shape index (κ3) is 0.915. The van der Waals surface area contributed by atoms with Crippen LogP contribution >= 0.6 is 0 Å². The van der Waals surface area contributed by atoms with E-state index in [0.29, 0.717) is 11.1 Å². The number of ketones is 2. The van der Waals surface area contributed by atoms with E-state index in [4.69, 9.17) is 10.8 Å². The Morgan fingerprint density at radius 2 is 1.46 bits per heavy atom. The van der Waals surface area contributed by atoms with Crippen molar-refractivity contribution in [3.05, 3.63) is 22.7 Å². The summed E-state index contributed by atoms with van der Waals surface area (Å²) in [4.78, 5) is 23.1. The van der Waals surface area contributed by atoms with Gasteiger partial charge in [0, 0.05) is 11.1 Å². The molecule has 0 saturated carbocycles. The summed E-state index contributed by atoms with van der Waals surface area (Å²) in [5.41, 5.74) is 0.706. The third-order valence-corrected chi connectivity index (χ3v) is 2.19. The lowest BCUT2D eigenvalue weighted by Crippen LogP contribution is -2.19. The molecule has 0 unspecified atom stereocenters. The van der Waals surface area contributed by atoms with Gasteiger partial charge in [0.2, 0.25) is 29.9 Å². The van der Waals surface area contributed by atoms with Crippen LogP contribution in [0, 0.1) is 0 Å². The van der Waals surface area contributed by atoms with E-state index >= 15 is 0 Å². The van der Waals surface area contributed by atoms with E-state index < -0.39 is 6.77 Å². The van der Waals surface area contributed by atoms with E-state index in [0.717, 1.165) is 0 Å². The lowest BCUT2D eigenvalue weighted by molar-refractivity contribution is -0.118. The SMILES string of the molecule is [2H]C1OC2=C(O1)C(=O)C(C)=C(C)C2=O. The van der Waals surface area contributed by atoms with Crippen LogP contribution in [0.2, 0.25) is 0 Å². The molecule has 2 aliphatic rings. The molecule has 0 saturated heterocycles. The number of carbonyl (C=O) groups is 2. The predicted octanol–water partition coefficient (Wildman–Crippen LogP) is 0.690. The maximum Gasteiger partial charge on any atom is 0.231 e. The number of hydrogen-bond donors (Lipinski definition) is 0. The molecule has 13 heavy (non-hydrogen) atoms. The van der Waals surface area contributed by atoms with Crippen molar-refractivity contribution in [2.45, 2.75) is 13.8 Å². The van der Waals surface area contributed by atoms with Crippen molar-refractivity contribution >= 4 is 11.6 Å². The Labute approximate surface area is 76.2 Å². The molecule has 0 radical (unpaired) electrons. The number of ether oxygens (including phenoxy) is 2. The molecule has 0 amide bonds. The molecule has 0 bridgehead atoms. The second kappa shape index (κ2) is 2.45. The fraction of sp³-hybridized carbons (Fsp3) is 0.333. The number of hydrogen-bond acceptors (Lipinski definition) is 4. The molecule has 2 rings (SSSR count). The molecule has 1 aliphatic carbocycles. The van der Waals surface area contributed by atoms with Crippen molar-refractivity contribution in [3.8, 4) is 0 Å². The second-order valence-electron chi connectivity index (χ2n) is 2.90. The van der Waals surface area contributed by atoms with Gasteiger partial charge in [-0.05, 0) is 13.8 Å². The maximum atomic E-state index is 11.6. The van der Waals surface area contributed by atoms with E-state index in [9.17, 15) is 9.59 Å². The van der Waals surface area contributed by atoms with Crippen LogP contribution < -0.4 is 0 Å². The molecule has 0 fully saturated rings. The van der Waals surface area contributed by atoms with Gasteiger partial charge in [-0.1, -0.05) is 0 Å². The van der Waals surface area contributed by atoms with Crippen molar-refractivity contribution < 1.29 is 20.4 Å². The van der Waals surface area contributed by atoms with Crippen molar-refractivity contribution in [2.24, 2.45) is 0 Å². The molecule has 0 aromatic carbocycles. The first-order chi connectivity index (χ1) is 6.52. The first-order valence-corrected chi connectivity index (χ1v) is 3.79. The highest BCUT2D eigenvalue weighted by atomic mass is 16.7. The number of Topliss-reactive ketones (excluding diaryl/α,β-unsaturated/α-hetero) is 2. The number of carbonyl (C=O) groups excluding carboxylic acids is 2. The van der Waals surface area contributed by atoms with E-state index in [1.165, 1.54) is 0 Å². The molecule has 0 aromatic rings. The topological polar surface area (TPSA) is 52.6 Å². The van der Waals surface area contributed by atoms with Crippen molar-refractivity contribution in [3.63, 3.8) is 0 Å². The summed E-state index contributed by atoms with van der Waals surface area (Å²) in [6, 6.07) is 0. The highest BCUT2D eigenvalue weighted by Crippen LogP contribution is 2.29. The minimum atomic E-state index is -1.30. The molecule has 1 aliphatic heterocycles. The second-order valence-corrected chi connectivity index (χ2v) is 2.90. The van der Waals surface area contributed by atoms with Gasteiger partial charge in [-0.2, -0.15) is 0 Å². The smallest absolute Gasteiger partial charge is 0.231 e. The zero-order valence-corrected chi connectivity index (χ0v) is 7.21. The standard InChI is InChI=1S/C9H8O4/c1-4-5(2)7(11)9-8(6(4)10)12-3-13-9/h3H2,1-2H3/i3D. The highest BCUT2D eigenvalue weighted by molar-refractivity contribution is 6.23. The van der Waals surface area contributed by atoms with Crippen molar-refractivity contribution in [1.82, 2.24) is 0 Å². The summed E-state index contributed by atoms with van der Waals surface area (Å²) in [6.45, 7) is 1.81. The Morgan fingerprint density at radius 1 is 1.08 bits per heavy atom. The van der Waals surface area contributed by atoms with Crippen LogP contribution in [0.5, 0.6) is 0 Å². The van der Waals surface area contributed by atoms with Crippen LogP contribution in [0.1, 0.15) is 15.2 Å². The Balaban J connectivity index is 2.49. The van der Waals surface area contributed by atoms with Crippen LogP contribution in [0.3, 0.4) is 0 Å². The Bertz CT molecular complexity index is 369. The van der Waals surface area contributed by atoms with Gasteiger partial charge in [-0.25, -0.2) is 0 Å². The minimum Gasteiger partial charge on any atom is -0.449 e. The van der Waals surface area contributed by atoms with Gasteiger partial charge < -0.3 is 9.47 Å². The number of rotatable bonds is 0. The van der Waals surface area contributed by atoms with E-state index in [1.807, 2.05) is 0 Å². The van der Waals surface area contributed by atoms with Crippen LogP contribution in [-0.2, 0) is 19.1 Å². The summed E-state index contributed by atoms with van der Waals surface area (Å²) in [5.74, 6) is -0.991. The van der Waals surface area contributed by atoms with E-state index in [2.05, 4.69) is 0 Å². The molecule has 0 N–H and O–H groups in total. The number of allylic oxidation sites excluding steroid dienone is 2.